The lowest BCUT2D eigenvalue weighted by atomic mass is 10.3. The molecular weight excluding hydrogens is 122 g/mol. The Kier molecular flexibility index (Phi) is 2.36. The second kappa shape index (κ2) is 3.10. The van der Waals surface area contributed by atoms with E-state index in [0.29, 0.717) is 6.04 Å². The first-order valence-electron chi connectivity index (χ1n) is 2.61. The van der Waals surface area contributed by atoms with Gasteiger partial charge in [0.05, 0.1) is 6.04 Å². The molecular formula is C5H8NOS. The number of aliphatic hydroxyl groups is 1. The molecule has 1 atom stereocenters. The summed E-state index contributed by atoms with van der Waals surface area (Å²) in [6, 6.07) is 0.338. The topological polar surface area (TPSA) is 32.6 Å². The lowest BCUT2D eigenvalue weighted by Gasteiger charge is -1.99. The number of aliphatic imine (C=N–C) groups is 1. The average molecular weight is 130 g/mol. The van der Waals surface area contributed by atoms with Crippen molar-refractivity contribution in [3.8, 4) is 0 Å². The predicted octanol–water partition coefficient (Wildman–Crippen LogP) is 0.389. The number of aliphatic hydroxyl groups excluding tert-OH is 1. The van der Waals surface area contributed by atoms with Gasteiger partial charge in [0.1, 0.15) is 5.55 Å². The van der Waals surface area contributed by atoms with Crippen LogP contribution in [-0.2, 0) is 0 Å². The Balaban J connectivity index is 2.16. The molecule has 0 saturated carbocycles. The largest absolute Gasteiger partial charge is 0.396 e. The Morgan fingerprint density at radius 2 is 2.75 bits per heavy atom. The fraction of sp³-hybridized carbons (Fsp3) is 0.800. The van der Waals surface area contributed by atoms with E-state index in [1.165, 1.54) is 0 Å². The van der Waals surface area contributed by atoms with Crippen LogP contribution in [0.4, 0.5) is 0 Å². The maximum atomic E-state index is 8.43. The molecule has 3 heteroatoms. The van der Waals surface area contributed by atoms with Crippen molar-refractivity contribution in [2.75, 3.05) is 12.4 Å². The average Bonchev–Trinajstić information content (AvgIpc) is 2.19. The smallest absolute Gasteiger partial charge is 0.123 e. The van der Waals surface area contributed by atoms with Crippen LogP contribution in [0.25, 0.3) is 0 Å². The summed E-state index contributed by atoms with van der Waals surface area (Å²) < 4.78 is 0. The molecule has 0 aromatic heterocycles. The highest BCUT2D eigenvalue weighted by Crippen LogP contribution is 2.12. The third-order valence-electron chi connectivity index (χ3n) is 1.04. The minimum atomic E-state index is 0.246. The van der Waals surface area contributed by atoms with E-state index in [4.69, 9.17) is 5.11 Å². The molecule has 1 unspecified atom stereocenters. The highest BCUT2D eigenvalue weighted by Gasteiger charge is 2.09. The van der Waals surface area contributed by atoms with Gasteiger partial charge in [0, 0.05) is 12.4 Å². The van der Waals surface area contributed by atoms with Crippen molar-refractivity contribution in [1.82, 2.24) is 0 Å². The Morgan fingerprint density at radius 3 is 3.25 bits per heavy atom. The summed E-state index contributed by atoms with van der Waals surface area (Å²) in [5.74, 6) is 1.00. The van der Waals surface area contributed by atoms with Gasteiger partial charge in [0.2, 0.25) is 0 Å². The molecule has 8 heavy (non-hydrogen) atoms. The molecule has 0 aliphatic carbocycles. The van der Waals surface area contributed by atoms with Crippen molar-refractivity contribution in [2.24, 2.45) is 4.99 Å². The fourth-order valence-corrected chi connectivity index (χ4v) is 1.31. The highest BCUT2D eigenvalue weighted by molar-refractivity contribution is 8.12. The molecule has 0 fully saturated rings. The van der Waals surface area contributed by atoms with Crippen molar-refractivity contribution in [1.29, 1.82) is 0 Å². The first-order valence-corrected chi connectivity index (χ1v) is 3.59. The molecule has 0 aromatic carbocycles. The maximum absolute atomic E-state index is 8.43. The predicted molar refractivity (Wildman–Crippen MR) is 35.4 cm³/mol. The summed E-state index contributed by atoms with van der Waals surface area (Å²) in [5, 5.41) is 8.43. The third kappa shape index (κ3) is 1.49. The highest BCUT2D eigenvalue weighted by atomic mass is 32.2. The van der Waals surface area contributed by atoms with E-state index in [9.17, 15) is 0 Å². The summed E-state index contributed by atoms with van der Waals surface area (Å²) in [6.07, 6.45) is 0.792. The first kappa shape index (κ1) is 6.11. The summed E-state index contributed by atoms with van der Waals surface area (Å²) in [4.78, 5) is 3.98. The zero-order valence-corrected chi connectivity index (χ0v) is 5.32. The van der Waals surface area contributed by atoms with E-state index >= 15 is 0 Å². The van der Waals surface area contributed by atoms with E-state index in [1.54, 1.807) is 11.8 Å². The van der Waals surface area contributed by atoms with Crippen LogP contribution in [0.2, 0.25) is 0 Å². The van der Waals surface area contributed by atoms with Crippen LogP contribution in [0, 0.1) is 0 Å². The number of hydrogen-bond acceptors (Lipinski definition) is 3. The monoisotopic (exact) mass is 130 g/mol. The van der Waals surface area contributed by atoms with Gasteiger partial charge in [-0.25, -0.2) is 0 Å². The van der Waals surface area contributed by atoms with Crippen LogP contribution in [0.5, 0.6) is 0 Å². The van der Waals surface area contributed by atoms with Crippen LogP contribution in [0.1, 0.15) is 6.42 Å². The van der Waals surface area contributed by atoms with Crippen LogP contribution < -0.4 is 0 Å². The Labute approximate surface area is 53.0 Å². The summed E-state index contributed by atoms with van der Waals surface area (Å²) in [6.45, 7) is 0.246. The van der Waals surface area contributed by atoms with Gasteiger partial charge >= 0.3 is 0 Å². The molecule has 0 bridgehead atoms. The summed E-state index contributed by atoms with van der Waals surface area (Å²) >= 11 is 1.59. The van der Waals surface area contributed by atoms with Crippen LogP contribution in [0.15, 0.2) is 4.99 Å². The SMILES string of the molecule is OCCC1CS[C]=N1. The molecule has 1 aliphatic rings. The molecule has 1 N–H and O–H groups in total. The minimum absolute atomic E-state index is 0.246. The molecule has 0 spiro atoms. The van der Waals surface area contributed by atoms with Crippen LogP contribution in [-0.4, -0.2) is 29.1 Å². The molecule has 1 heterocycles. The van der Waals surface area contributed by atoms with Crippen molar-refractivity contribution in [2.45, 2.75) is 12.5 Å². The molecule has 1 aliphatic heterocycles. The lowest BCUT2D eigenvalue weighted by molar-refractivity contribution is 0.280. The molecule has 0 saturated heterocycles. The van der Waals surface area contributed by atoms with Gasteiger partial charge in [0.15, 0.2) is 0 Å². The zero-order valence-electron chi connectivity index (χ0n) is 4.50. The van der Waals surface area contributed by atoms with E-state index in [2.05, 4.69) is 10.5 Å². The molecule has 0 aromatic rings. The van der Waals surface area contributed by atoms with E-state index < -0.39 is 0 Å². The Morgan fingerprint density at radius 1 is 1.88 bits per heavy atom. The molecule has 0 amide bonds. The van der Waals surface area contributed by atoms with Gasteiger partial charge in [-0.05, 0) is 6.42 Å². The maximum Gasteiger partial charge on any atom is 0.123 e. The Bertz CT molecular complexity index is 94.4. The number of nitrogens with zero attached hydrogens (tertiary/aromatic N) is 1. The zero-order chi connectivity index (χ0) is 5.82. The molecule has 2 nitrogen and oxygen atoms in total. The number of hydrogen-bond donors (Lipinski definition) is 1. The number of thioether (sulfide) groups is 1. The number of rotatable bonds is 2. The van der Waals surface area contributed by atoms with Gasteiger partial charge in [-0.1, -0.05) is 0 Å². The second-order valence-corrected chi connectivity index (χ2v) is 2.50. The van der Waals surface area contributed by atoms with E-state index in [-0.39, 0.29) is 6.61 Å². The quantitative estimate of drug-likeness (QED) is 0.586. The van der Waals surface area contributed by atoms with Gasteiger partial charge in [-0.3, -0.25) is 4.99 Å². The van der Waals surface area contributed by atoms with Crippen LogP contribution in [0.3, 0.4) is 0 Å². The van der Waals surface area contributed by atoms with Crippen molar-refractivity contribution >= 4 is 17.3 Å². The summed E-state index contributed by atoms with van der Waals surface area (Å²) in [7, 11) is 0. The first-order chi connectivity index (χ1) is 3.93. The van der Waals surface area contributed by atoms with Gasteiger partial charge in [0.25, 0.3) is 0 Å². The van der Waals surface area contributed by atoms with Crippen LogP contribution >= 0.6 is 11.8 Å². The normalized spacial score (nSPS) is 26.9. The van der Waals surface area contributed by atoms with Gasteiger partial charge in [-0.2, -0.15) is 0 Å². The van der Waals surface area contributed by atoms with E-state index in [1.807, 2.05) is 0 Å². The standard InChI is InChI=1S/C5H8NOS/c7-2-1-5-3-8-4-6-5/h5,7H,1-3H2. The second-order valence-electron chi connectivity index (χ2n) is 1.70. The van der Waals surface area contributed by atoms with Crippen molar-refractivity contribution in [3.63, 3.8) is 0 Å². The summed E-state index contributed by atoms with van der Waals surface area (Å²) in [5.41, 5.74) is 2.79. The van der Waals surface area contributed by atoms with Crippen molar-refractivity contribution < 1.29 is 5.11 Å². The van der Waals surface area contributed by atoms with Crippen molar-refractivity contribution in [3.05, 3.63) is 0 Å². The molecule has 1 radical (unpaired) electrons. The molecule has 45 valence electrons. The van der Waals surface area contributed by atoms with Gasteiger partial charge in [-0.15, -0.1) is 11.8 Å². The van der Waals surface area contributed by atoms with E-state index in [0.717, 1.165) is 12.2 Å². The fourth-order valence-electron chi connectivity index (χ4n) is 0.579. The lowest BCUT2D eigenvalue weighted by Crippen LogP contribution is -2.05. The Hall–Kier alpha value is -0.0200. The van der Waals surface area contributed by atoms with Gasteiger partial charge < -0.3 is 5.11 Å². The minimum Gasteiger partial charge on any atom is -0.396 e. The third-order valence-corrected chi connectivity index (χ3v) is 1.82. The molecule has 1 rings (SSSR count).